The maximum Gasteiger partial charge on any atom is 0.281 e. The van der Waals surface area contributed by atoms with Crippen LogP contribution in [0.15, 0.2) is 79.5 Å². The molecule has 1 atom stereocenters. The average molecular weight is 460 g/mol. The van der Waals surface area contributed by atoms with E-state index in [1.165, 1.54) is 5.01 Å². The summed E-state index contributed by atoms with van der Waals surface area (Å²) in [6.45, 7) is 1.95. The highest BCUT2D eigenvalue weighted by Crippen LogP contribution is 2.33. The van der Waals surface area contributed by atoms with Gasteiger partial charge in [0.2, 0.25) is 11.7 Å². The van der Waals surface area contributed by atoms with Gasteiger partial charge in [0.25, 0.3) is 5.91 Å². The van der Waals surface area contributed by atoms with Crippen LogP contribution in [0.1, 0.15) is 49.6 Å². The van der Waals surface area contributed by atoms with Crippen LogP contribution in [-0.2, 0) is 11.2 Å². The first-order chi connectivity index (χ1) is 16.7. The lowest BCUT2D eigenvalue weighted by Crippen LogP contribution is -2.31. The molecule has 4 heterocycles. The van der Waals surface area contributed by atoms with Crippen molar-refractivity contribution in [3.63, 3.8) is 0 Å². The van der Waals surface area contributed by atoms with Gasteiger partial charge in [-0.1, -0.05) is 18.5 Å². The van der Waals surface area contributed by atoms with Gasteiger partial charge in [0.05, 0.1) is 12.5 Å². The van der Waals surface area contributed by atoms with Gasteiger partial charge in [0, 0.05) is 18.4 Å². The van der Waals surface area contributed by atoms with Crippen molar-refractivity contribution in [1.82, 2.24) is 15.1 Å². The highest BCUT2D eigenvalue weighted by Gasteiger charge is 2.35. The molecule has 0 fully saturated rings. The summed E-state index contributed by atoms with van der Waals surface area (Å²) in [7, 11) is 0. The van der Waals surface area contributed by atoms with E-state index in [2.05, 4.69) is 22.2 Å². The van der Waals surface area contributed by atoms with E-state index in [1.807, 2.05) is 24.3 Å². The van der Waals surface area contributed by atoms with Crippen LogP contribution in [0.3, 0.4) is 0 Å². The first-order valence-corrected chi connectivity index (χ1v) is 11.2. The van der Waals surface area contributed by atoms with Crippen molar-refractivity contribution in [3.8, 4) is 17.1 Å². The van der Waals surface area contributed by atoms with Crippen LogP contribution in [-0.4, -0.2) is 33.4 Å². The summed E-state index contributed by atoms with van der Waals surface area (Å²) in [5.41, 5.74) is 1.50. The van der Waals surface area contributed by atoms with E-state index in [4.69, 9.17) is 18.1 Å². The Balaban J connectivity index is 1.24. The number of ether oxygens (including phenoxy) is 1. The number of unbranched alkanes of at least 4 members (excludes halogenated alkanes) is 1. The molecule has 0 saturated carbocycles. The summed E-state index contributed by atoms with van der Waals surface area (Å²) < 4.78 is 22.0. The third-order valence-electron chi connectivity index (χ3n) is 5.53. The molecule has 0 N–H and O–H groups in total. The summed E-state index contributed by atoms with van der Waals surface area (Å²) in [4.78, 5) is 17.4. The second-order valence-electron chi connectivity index (χ2n) is 7.93. The third-order valence-corrected chi connectivity index (χ3v) is 5.53. The van der Waals surface area contributed by atoms with Crippen molar-refractivity contribution in [2.75, 3.05) is 6.61 Å². The number of hydrogen-bond acceptors (Lipinski definition) is 8. The number of amides is 1. The number of rotatable bonds is 9. The number of benzene rings is 1. The second-order valence-corrected chi connectivity index (χ2v) is 7.93. The van der Waals surface area contributed by atoms with Crippen molar-refractivity contribution >= 4 is 11.6 Å². The van der Waals surface area contributed by atoms with E-state index in [9.17, 15) is 4.79 Å². The van der Waals surface area contributed by atoms with Crippen molar-refractivity contribution in [2.45, 2.75) is 38.6 Å². The summed E-state index contributed by atoms with van der Waals surface area (Å²) in [6, 6.07) is 14.1. The van der Waals surface area contributed by atoms with Gasteiger partial charge < -0.3 is 18.1 Å². The van der Waals surface area contributed by atoms with Gasteiger partial charge >= 0.3 is 0 Å². The van der Waals surface area contributed by atoms with Gasteiger partial charge in [-0.2, -0.15) is 10.1 Å². The minimum Gasteiger partial charge on any atom is -0.484 e. The Bertz CT molecular complexity index is 1240. The fourth-order valence-electron chi connectivity index (χ4n) is 3.75. The van der Waals surface area contributed by atoms with E-state index < -0.39 is 0 Å². The van der Waals surface area contributed by atoms with Gasteiger partial charge in [0.15, 0.2) is 6.61 Å². The van der Waals surface area contributed by atoms with Crippen LogP contribution in [0.25, 0.3) is 11.4 Å². The second kappa shape index (κ2) is 9.78. The lowest BCUT2D eigenvalue weighted by atomic mass is 10.1. The summed E-state index contributed by atoms with van der Waals surface area (Å²) >= 11 is 0. The van der Waals surface area contributed by atoms with Gasteiger partial charge in [-0.25, -0.2) is 5.01 Å². The highest BCUT2D eigenvalue weighted by molar-refractivity contribution is 6.01. The van der Waals surface area contributed by atoms with Crippen LogP contribution in [0.4, 0.5) is 0 Å². The van der Waals surface area contributed by atoms with Crippen LogP contribution in [0.2, 0.25) is 0 Å². The Morgan fingerprint density at radius 1 is 1.12 bits per heavy atom. The summed E-state index contributed by atoms with van der Waals surface area (Å²) in [5, 5.41) is 9.94. The monoisotopic (exact) mass is 460 g/mol. The number of aromatic nitrogens is 2. The van der Waals surface area contributed by atoms with Crippen molar-refractivity contribution < 1.29 is 22.9 Å². The molecule has 9 nitrogen and oxygen atoms in total. The molecule has 1 aliphatic rings. The maximum absolute atomic E-state index is 13.0. The zero-order valence-corrected chi connectivity index (χ0v) is 18.7. The van der Waals surface area contributed by atoms with E-state index in [1.54, 1.807) is 36.8 Å². The number of furan rings is 2. The van der Waals surface area contributed by atoms with Crippen LogP contribution >= 0.6 is 0 Å². The first kappa shape index (κ1) is 21.7. The smallest absolute Gasteiger partial charge is 0.281 e. The maximum atomic E-state index is 13.0. The largest absolute Gasteiger partial charge is 0.484 e. The number of nitrogens with zero attached hydrogens (tertiary/aromatic N) is 4. The Hall–Kier alpha value is -4.14. The number of hydrazone groups is 1. The topological polar surface area (TPSA) is 107 Å². The lowest BCUT2D eigenvalue weighted by Gasteiger charge is -2.20. The molecule has 1 amide bonds. The minimum atomic E-state index is -0.353. The molecule has 1 aliphatic heterocycles. The van der Waals surface area contributed by atoms with Crippen LogP contribution in [0.5, 0.6) is 5.75 Å². The molecule has 3 aromatic heterocycles. The van der Waals surface area contributed by atoms with Gasteiger partial charge in [0.1, 0.15) is 29.0 Å². The molecule has 34 heavy (non-hydrogen) atoms. The summed E-state index contributed by atoms with van der Waals surface area (Å²) in [6.07, 6.45) is 6.50. The fourth-order valence-corrected chi connectivity index (χ4v) is 3.75. The molecule has 9 heteroatoms. The normalized spacial score (nSPS) is 15.5. The van der Waals surface area contributed by atoms with Crippen LogP contribution in [0, 0.1) is 0 Å². The van der Waals surface area contributed by atoms with Gasteiger partial charge in [-0.3, -0.25) is 4.79 Å². The predicted octanol–water partition coefficient (Wildman–Crippen LogP) is 5.02. The van der Waals surface area contributed by atoms with E-state index in [0.717, 1.165) is 24.8 Å². The molecule has 0 aliphatic carbocycles. The fraction of sp³-hybridized carbons (Fsp3) is 0.280. The quantitative estimate of drug-likeness (QED) is 0.345. The zero-order valence-electron chi connectivity index (χ0n) is 18.7. The lowest BCUT2D eigenvalue weighted by molar-refractivity contribution is -0.135. The molecule has 0 saturated heterocycles. The van der Waals surface area contributed by atoms with Crippen molar-refractivity contribution in [3.05, 3.63) is 78.5 Å². The number of aryl methyl sites for hydroxylation is 1. The Morgan fingerprint density at radius 3 is 2.68 bits per heavy atom. The molecule has 1 unspecified atom stereocenters. The van der Waals surface area contributed by atoms with Crippen LogP contribution < -0.4 is 4.74 Å². The summed E-state index contributed by atoms with van der Waals surface area (Å²) in [5.74, 6) is 2.71. The van der Waals surface area contributed by atoms with E-state index in [0.29, 0.717) is 41.1 Å². The molecule has 4 aromatic rings. The molecule has 0 bridgehead atoms. The first-order valence-electron chi connectivity index (χ1n) is 11.2. The minimum absolute atomic E-state index is 0.172. The molecule has 174 valence electrons. The molecule has 1 aromatic carbocycles. The molecule has 0 spiro atoms. The van der Waals surface area contributed by atoms with E-state index >= 15 is 0 Å². The van der Waals surface area contributed by atoms with Crippen molar-refractivity contribution in [2.24, 2.45) is 5.10 Å². The predicted molar refractivity (Wildman–Crippen MR) is 122 cm³/mol. The molecule has 5 rings (SSSR count). The molecular weight excluding hydrogens is 436 g/mol. The molecule has 0 radical (unpaired) electrons. The third kappa shape index (κ3) is 4.63. The standard InChI is InChI=1S/C25H24N4O5/c1-2-3-8-23-26-25(28-34-23)17-9-11-18(12-10-17)33-16-24(30)29-20(22-7-5-14-32-22)15-19(27-29)21-6-4-13-31-21/h4-7,9-14,20H,2-3,8,15-16H2,1H3. The Labute approximate surface area is 196 Å². The van der Waals surface area contributed by atoms with E-state index in [-0.39, 0.29) is 18.6 Å². The number of hydrogen-bond donors (Lipinski definition) is 0. The zero-order chi connectivity index (χ0) is 23.3. The van der Waals surface area contributed by atoms with Crippen molar-refractivity contribution in [1.29, 1.82) is 0 Å². The molecular formula is C25H24N4O5. The number of carbonyl (C=O) groups is 1. The number of carbonyl (C=O) groups excluding carboxylic acids is 1. The Morgan fingerprint density at radius 2 is 1.94 bits per heavy atom. The SMILES string of the molecule is CCCCc1nc(-c2ccc(OCC(=O)N3N=C(c4ccco4)CC3c3ccco3)cc2)no1. The average Bonchev–Trinajstić information content (AvgIpc) is 3.67. The van der Waals surface area contributed by atoms with Gasteiger partial charge in [-0.15, -0.1) is 0 Å². The van der Waals surface area contributed by atoms with Gasteiger partial charge in [-0.05, 0) is 55.0 Å². The highest BCUT2D eigenvalue weighted by atomic mass is 16.5. The Kier molecular flexibility index (Phi) is 6.24.